The van der Waals surface area contributed by atoms with Gasteiger partial charge in [0.1, 0.15) is 12.7 Å². The first-order valence-electron chi connectivity index (χ1n) is 6.73. The van der Waals surface area contributed by atoms with Crippen LogP contribution in [0.1, 0.15) is 20.7 Å². The van der Waals surface area contributed by atoms with Gasteiger partial charge in [0, 0.05) is 16.9 Å². The molecule has 3 rings (SSSR count). The molecule has 0 radical (unpaired) electrons. The van der Waals surface area contributed by atoms with Gasteiger partial charge in [0.2, 0.25) is 0 Å². The predicted octanol–water partition coefficient (Wildman–Crippen LogP) is 2.22. The lowest BCUT2D eigenvalue weighted by Gasteiger charge is -2.08. The van der Waals surface area contributed by atoms with Crippen molar-refractivity contribution in [3.05, 3.63) is 72.3 Å². The molecule has 1 amide bonds. The molecule has 7 heteroatoms. The number of anilines is 1. The average molecular weight is 308 g/mol. The summed E-state index contributed by atoms with van der Waals surface area (Å²) in [6.07, 6.45) is 3.07. The zero-order valence-electron chi connectivity index (χ0n) is 11.9. The Morgan fingerprint density at radius 2 is 1.65 bits per heavy atom. The summed E-state index contributed by atoms with van der Waals surface area (Å²) in [5, 5.41) is 19.1. The maximum absolute atomic E-state index is 12.3. The van der Waals surface area contributed by atoms with Crippen LogP contribution in [0.3, 0.4) is 0 Å². The first-order valence-corrected chi connectivity index (χ1v) is 6.73. The van der Waals surface area contributed by atoms with Crippen molar-refractivity contribution in [3.63, 3.8) is 0 Å². The van der Waals surface area contributed by atoms with Crippen LogP contribution in [-0.4, -0.2) is 31.7 Å². The monoisotopic (exact) mass is 308 g/mol. The van der Waals surface area contributed by atoms with Crippen LogP contribution >= 0.6 is 0 Å². The second-order valence-corrected chi connectivity index (χ2v) is 4.76. The van der Waals surface area contributed by atoms with E-state index in [1.54, 1.807) is 34.9 Å². The molecule has 0 fully saturated rings. The average Bonchev–Trinajstić information content (AvgIpc) is 3.10. The second-order valence-electron chi connectivity index (χ2n) is 4.76. The fourth-order valence-corrected chi connectivity index (χ4v) is 2.08. The number of aromatic nitrogens is 3. The highest BCUT2D eigenvalue weighted by molar-refractivity contribution is 6.05. The van der Waals surface area contributed by atoms with Crippen molar-refractivity contribution in [1.29, 1.82) is 0 Å². The molecule has 2 N–H and O–H groups in total. The SMILES string of the molecule is O=C(O)c1cccc(NC(=O)c2cccc(-n3cnnc3)c2)c1. The summed E-state index contributed by atoms with van der Waals surface area (Å²) < 4.78 is 1.68. The summed E-state index contributed by atoms with van der Waals surface area (Å²) in [5.74, 6) is -1.38. The van der Waals surface area contributed by atoms with Crippen molar-refractivity contribution in [3.8, 4) is 5.69 Å². The molecule has 23 heavy (non-hydrogen) atoms. The van der Waals surface area contributed by atoms with Crippen molar-refractivity contribution in [2.75, 3.05) is 5.32 Å². The first kappa shape index (κ1) is 14.5. The van der Waals surface area contributed by atoms with Crippen LogP contribution in [0.25, 0.3) is 5.69 Å². The second kappa shape index (κ2) is 6.10. The van der Waals surface area contributed by atoms with Crippen molar-refractivity contribution >= 4 is 17.6 Å². The maximum Gasteiger partial charge on any atom is 0.335 e. The van der Waals surface area contributed by atoms with Gasteiger partial charge in [0.25, 0.3) is 5.91 Å². The van der Waals surface area contributed by atoms with E-state index in [1.807, 2.05) is 6.07 Å². The third-order valence-electron chi connectivity index (χ3n) is 3.19. The Morgan fingerprint density at radius 3 is 2.39 bits per heavy atom. The highest BCUT2D eigenvalue weighted by Crippen LogP contribution is 2.14. The van der Waals surface area contributed by atoms with Gasteiger partial charge in [0.05, 0.1) is 5.56 Å². The summed E-state index contributed by atoms with van der Waals surface area (Å²) in [7, 11) is 0. The number of benzene rings is 2. The molecule has 0 aliphatic rings. The molecule has 0 saturated heterocycles. The van der Waals surface area contributed by atoms with Crippen LogP contribution in [0.4, 0.5) is 5.69 Å². The Labute approximate surface area is 131 Å². The number of carboxylic acid groups (broad SMARTS) is 1. The van der Waals surface area contributed by atoms with E-state index >= 15 is 0 Å². The quantitative estimate of drug-likeness (QED) is 0.770. The number of hydrogen-bond acceptors (Lipinski definition) is 4. The third kappa shape index (κ3) is 3.24. The minimum Gasteiger partial charge on any atom is -0.478 e. The highest BCUT2D eigenvalue weighted by atomic mass is 16.4. The van der Waals surface area contributed by atoms with Crippen molar-refractivity contribution < 1.29 is 14.7 Å². The van der Waals surface area contributed by atoms with Gasteiger partial charge >= 0.3 is 5.97 Å². The van der Waals surface area contributed by atoms with Crippen LogP contribution in [0.2, 0.25) is 0 Å². The molecule has 0 spiro atoms. The highest BCUT2D eigenvalue weighted by Gasteiger charge is 2.09. The molecule has 1 aromatic heterocycles. The number of carbonyl (C=O) groups excluding carboxylic acids is 1. The van der Waals surface area contributed by atoms with E-state index in [4.69, 9.17) is 5.11 Å². The van der Waals surface area contributed by atoms with Crippen LogP contribution in [0.5, 0.6) is 0 Å². The number of carboxylic acids is 1. The van der Waals surface area contributed by atoms with Gasteiger partial charge in [0.15, 0.2) is 0 Å². The number of aromatic carboxylic acids is 1. The predicted molar refractivity (Wildman–Crippen MR) is 82.7 cm³/mol. The topological polar surface area (TPSA) is 97.1 Å². The summed E-state index contributed by atoms with van der Waals surface area (Å²) >= 11 is 0. The van der Waals surface area contributed by atoms with Gasteiger partial charge in [-0.1, -0.05) is 12.1 Å². The Morgan fingerprint density at radius 1 is 0.957 bits per heavy atom. The summed E-state index contributed by atoms with van der Waals surface area (Å²) in [5.41, 5.74) is 1.73. The fourth-order valence-electron chi connectivity index (χ4n) is 2.08. The van der Waals surface area contributed by atoms with Crippen molar-refractivity contribution in [1.82, 2.24) is 14.8 Å². The van der Waals surface area contributed by atoms with E-state index in [-0.39, 0.29) is 11.5 Å². The zero-order chi connectivity index (χ0) is 16.2. The van der Waals surface area contributed by atoms with E-state index < -0.39 is 5.97 Å². The molecule has 114 valence electrons. The lowest BCUT2D eigenvalue weighted by molar-refractivity contribution is 0.0696. The fraction of sp³-hybridized carbons (Fsp3) is 0. The molecule has 2 aromatic carbocycles. The largest absolute Gasteiger partial charge is 0.478 e. The third-order valence-corrected chi connectivity index (χ3v) is 3.19. The van der Waals surface area contributed by atoms with E-state index in [0.29, 0.717) is 11.3 Å². The number of amides is 1. The molecule has 0 aliphatic heterocycles. The van der Waals surface area contributed by atoms with Crippen LogP contribution in [-0.2, 0) is 0 Å². The maximum atomic E-state index is 12.3. The van der Waals surface area contributed by atoms with Gasteiger partial charge in [-0.15, -0.1) is 10.2 Å². The van der Waals surface area contributed by atoms with Crippen molar-refractivity contribution in [2.45, 2.75) is 0 Å². The van der Waals surface area contributed by atoms with E-state index in [0.717, 1.165) is 5.69 Å². The van der Waals surface area contributed by atoms with Gasteiger partial charge in [-0.25, -0.2) is 4.79 Å². The van der Waals surface area contributed by atoms with Crippen LogP contribution in [0, 0.1) is 0 Å². The molecule has 0 bridgehead atoms. The number of nitrogens with one attached hydrogen (secondary N) is 1. The standard InChI is InChI=1S/C16H12N4O3/c21-15(19-13-5-1-4-12(7-13)16(22)23)11-3-2-6-14(8-11)20-9-17-18-10-20/h1-10H,(H,19,21)(H,22,23). The molecule has 7 nitrogen and oxygen atoms in total. The number of rotatable bonds is 4. The smallest absolute Gasteiger partial charge is 0.335 e. The van der Waals surface area contributed by atoms with Gasteiger partial charge in [-0.2, -0.15) is 0 Å². The van der Waals surface area contributed by atoms with E-state index in [9.17, 15) is 9.59 Å². The molecular weight excluding hydrogens is 296 g/mol. The van der Waals surface area contributed by atoms with Crippen LogP contribution in [0.15, 0.2) is 61.2 Å². The Bertz CT molecular complexity index is 859. The molecule has 3 aromatic rings. The first-order chi connectivity index (χ1) is 11.1. The Kier molecular flexibility index (Phi) is 3.84. The Balaban J connectivity index is 1.82. The Hall–Kier alpha value is -3.48. The lowest BCUT2D eigenvalue weighted by atomic mass is 10.1. The molecule has 0 aliphatic carbocycles. The summed E-state index contributed by atoms with van der Waals surface area (Å²) in [6.45, 7) is 0. The van der Waals surface area contributed by atoms with Crippen LogP contribution < -0.4 is 5.32 Å². The summed E-state index contributed by atoms with van der Waals surface area (Å²) in [4.78, 5) is 23.3. The van der Waals surface area contributed by atoms with E-state index in [2.05, 4.69) is 15.5 Å². The van der Waals surface area contributed by atoms with E-state index in [1.165, 1.54) is 24.8 Å². The number of carbonyl (C=O) groups is 2. The van der Waals surface area contributed by atoms with Gasteiger partial charge in [-0.05, 0) is 36.4 Å². The number of hydrogen-bond donors (Lipinski definition) is 2. The van der Waals surface area contributed by atoms with Crippen molar-refractivity contribution in [2.24, 2.45) is 0 Å². The number of nitrogens with zero attached hydrogens (tertiary/aromatic N) is 3. The van der Waals surface area contributed by atoms with Gasteiger partial charge in [-0.3, -0.25) is 9.36 Å². The minimum absolute atomic E-state index is 0.112. The normalized spacial score (nSPS) is 10.3. The lowest BCUT2D eigenvalue weighted by Crippen LogP contribution is -2.12. The molecular formula is C16H12N4O3. The molecule has 1 heterocycles. The zero-order valence-corrected chi connectivity index (χ0v) is 11.9. The molecule has 0 saturated carbocycles. The minimum atomic E-state index is -1.05. The molecule has 0 unspecified atom stereocenters. The summed E-state index contributed by atoms with van der Waals surface area (Å²) in [6, 6.07) is 13.0. The van der Waals surface area contributed by atoms with Gasteiger partial charge < -0.3 is 10.4 Å². The molecule has 0 atom stereocenters.